The van der Waals surface area contributed by atoms with Crippen molar-refractivity contribution in [2.24, 2.45) is 0 Å². The van der Waals surface area contributed by atoms with Gasteiger partial charge in [0.25, 0.3) is 0 Å². The zero-order valence-electron chi connectivity index (χ0n) is 16.9. The van der Waals surface area contributed by atoms with E-state index in [0.29, 0.717) is 24.1 Å². The summed E-state index contributed by atoms with van der Waals surface area (Å²) < 4.78 is 15.8. The van der Waals surface area contributed by atoms with Crippen LogP contribution in [0.3, 0.4) is 0 Å². The Hall–Kier alpha value is -3.30. The summed E-state index contributed by atoms with van der Waals surface area (Å²) in [7, 11) is 1.36. The maximum absolute atomic E-state index is 12.7. The quantitative estimate of drug-likeness (QED) is 0.366. The monoisotopic (exact) mass is 407 g/mol. The molecule has 0 fully saturated rings. The molecule has 0 aromatic heterocycles. The number of esters is 1. The predicted molar refractivity (Wildman–Crippen MR) is 104 cm³/mol. The lowest BCUT2D eigenvalue weighted by Gasteiger charge is -2.29. The molecular weight excluding hydrogens is 382 g/mol. The number of hydrogen-bond donors (Lipinski definition) is 2. The van der Waals surface area contributed by atoms with Gasteiger partial charge in [0.15, 0.2) is 5.75 Å². The summed E-state index contributed by atoms with van der Waals surface area (Å²) in [5.41, 5.74) is 0.613. The number of carbonyl (C=O) groups is 2. The minimum atomic E-state index is -0.937. The molecule has 0 saturated heterocycles. The predicted octanol–water partition coefficient (Wildman–Crippen LogP) is 2.97. The summed E-state index contributed by atoms with van der Waals surface area (Å²) in [6.45, 7) is 5.63. The van der Waals surface area contributed by atoms with E-state index in [9.17, 15) is 19.7 Å². The van der Waals surface area contributed by atoms with Crippen molar-refractivity contribution in [1.82, 2.24) is 10.6 Å². The average molecular weight is 407 g/mol. The number of ether oxygens (including phenoxy) is 3. The van der Waals surface area contributed by atoms with E-state index in [4.69, 9.17) is 14.2 Å². The van der Waals surface area contributed by atoms with Crippen LogP contribution in [0.5, 0.6) is 11.5 Å². The van der Waals surface area contributed by atoms with Crippen molar-refractivity contribution in [2.75, 3.05) is 20.3 Å². The molecule has 1 aromatic rings. The number of benzene rings is 1. The maximum Gasteiger partial charge on any atom is 0.338 e. The molecule has 10 heteroatoms. The lowest BCUT2D eigenvalue weighted by Crippen LogP contribution is -2.46. The first kappa shape index (κ1) is 22.0. The molecule has 0 spiro atoms. The lowest BCUT2D eigenvalue weighted by molar-refractivity contribution is -0.386. The van der Waals surface area contributed by atoms with Crippen LogP contribution in [0.4, 0.5) is 10.5 Å². The van der Waals surface area contributed by atoms with E-state index in [1.165, 1.54) is 19.2 Å². The number of nitrogens with one attached hydrogen (secondary N) is 2. The van der Waals surface area contributed by atoms with Crippen molar-refractivity contribution in [3.63, 3.8) is 0 Å². The average Bonchev–Trinajstić information content (AvgIpc) is 2.68. The Balaban J connectivity index is 2.69. The first-order valence-electron chi connectivity index (χ1n) is 9.34. The fourth-order valence-electron chi connectivity index (χ4n) is 3.12. The summed E-state index contributed by atoms with van der Waals surface area (Å²) in [4.78, 5) is 35.9. The maximum atomic E-state index is 12.7. The number of urea groups is 1. The molecule has 2 N–H and O–H groups in total. The third-order valence-corrected chi connectivity index (χ3v) is 4.25. The Morgan fingerprint density at radius 1 is 1.24 bits per heavy atom. The molecule has 1 aliphatic rings. The minimum Gasteiger partial charge on any atom is -0.493 e. The fourth-order valence-corrected chi connectivity index (χ4v) is 3.12. The molecular formula is C19H25N3O7. The Labute approximate surface area is 168 Å². The summed E-state index contributed by atoms with van der Waals surface area (Å²) in [6.07, 6.45) is 1.12. The van der Waals surface area contributed by atoms with Gasteiger partial charge in [0.05, 0.1) is 36.9 Å². The molecule has 1 unspecified atom stereocenters. The zero-order chi connectivity index (χ0) is 21.6. The number of rotatable bonds is 9. The standard InChI is InChI=1S/C19H25N3O7/c1-5-8-12-15(18(23)29-7-3)16(21-19(24)20-12)11-9-13(22(25)26)17(28-6-2)14(10-11)27-4/h9-10,16H,5-8H2,1-4H3,(H2,20,21,24). The van der Waals surface area contributed by atoms with Crippen molar-refractivity contribution in [2.45, 2.75) is 39.7 Å². The molecule has 29 heavy (non-hydrogen) atoms. The molecule has 0 bridgehead atoms. The first-order valence-corrected chi connectivity index (χ1v) is 9.34. The van der Waals surface area contributed by atoms with Crippen LogP contribution < -0.4 is 20.1 Å². The van der Waals surface area contributed by atoms with Crippen molar-refractivity contribution in [3.05, 3.63) is 39.1 Å². The SMILES string of the molecule is CCCC1=C(C(=O)OCC)C(c2cc(OC)c(OCC)c([N+](=O)[O-])c2)NC(=O)N1. The molecule has 1 heterocycles. The second-order valence-electron chi connectivity index (χ2n) is 6.16. The second kappa shape index (κ2) is 9.76. The van der Waals surface area contributed by atoms with Gasteiger partial charge in [-0.05, 0) is 31.9 Å². The molecule has 1 aromatic carbocycles. The Morgan fingerprint density at radius 2 is 1.97 bits per heavy atom. The van der Waals surface area contributed by atoms with Crippen LogP contribution in [0.25, 0.3) is 0 Å². The van der Waals surface area contributed by atoms with Crippen molar-refractivity contribution >= 4 is 17.7 Å². The van der Waals surface area contributed by atoms with E-state index < -0.39 is 23.0 Å². The van der Waals surface area contributed by atoms with E-state index in [2.05, 4.69) is 10.6 Å². The number of carbonyl (C=O) groups excluding carboxylic acids is 2. The summed E-state index contributed by atoms with van der Waals surface area (Å²) in [5.74, 6) is -0.493. The number of allylic oxidation sites excluding steroid dienone is 1. The van der Waals surface area contributed by atoms with Gasteiger partial charge in [-0.1, -0.05) is 13.3 Å². The van der Waals surface area contributed by atoms with Crippen molar-refractivity contribution < 1.29 is 28.7 Å². The van der Waals surface area contributed by atoms with E-state index in [1.54, 1.807) is 13.8 Å². The van der Waals surface area contributed by atoms with Crippen molar-refractivity contribution in [3.8, 4) is 11.5 Å². The number of nitrogens with zero attached hydrogens (tertiary/aromatic N) is 1. The third-order valence-electron chi connectivity index (χ3n) is 4.25. The normalized spacial score (nSPS) is 16.0. The van der Waals surface area contributed by atoms with Gasteiger partial charge in [-0.2, -0.15) is 0 Å². The molecule has 0 aliphatic carbocycles. The van der Waals surface area contributed by atoms with Crippen LogP contribution in [-0.4, -0.2) is 37.2 Å². The van der Waals surface area contributed by atoms with Crippen molar-refractivity contribution in [1.29, 1.82) is 0 Å². The topological polar surface area (TPSA) is 129 Å². The van der Waals surface area contributed by atoms with Gasteiger partial charge in [0.2, 0.25) is 5.75 Å². The highest BCUT2D eigenvalue weighted by atomic mass is 16.6. The number of nitro groups is 1. The van der Waals surface area contributed by atoms with E-state index in [-0.39, 0.29) is 36.0 Å². The molecule has 1 atom stereocenters. The third kappa shape index (κ3) is 4.76. The van der Waals surface area contributed by atoms with Crippen LogP contribution in [-0.2, 0) is 9.53 Å². The van der Waals surface area contributed by atoms with E-state index >= 15 is 0 Å². The van der Waals surface area contributed by atoms with E-state index in [1.807, 2.05) is 6.92 Å². The van der Waals surface area contributed by atoms with Gasteiger partial charge >= 0.3 is 17.7 Å². The summed E-state index contributed by atoms with van der Waals surface area (Å²) >= 11 is 0. The van der Waals surface area contributed by atoms with Gasteiger partial charge in [-0.25, -0.2) is 9.59 Å². The van der Waals surface area contributed by atoms with Crippen LogP contribution >= 0.6 is 0 Å². The zero-order valence-corrected chi connectivity index (χ0v) is 16.9. The Bertz CT molecular complexity index is 835. The number of hydrogen-bond acceptors (Lipinski definition) is 7. The highest BCUT2D eigenvalue weighted by Crippen LogP contribution is 2.41. The molecule has 158 valence electrons. The first-order chi connectivity index (χ1) is 13.9. The van der Waals surface area contributed by atoms with Crippen LogP contribution in [0.15, 0.2) is 23.4 Å². The number of methoxy groups -OCH3 is 1. The molecule has 2 rings (SSSR count). The number of nitro benzene ring substituents is 1. The largest absolute Gasteiger partial charge is 0.493 e. The van der Waals surface area contributed by atoms with Gasteiger partial charge in [0, 0.05) is 11.8 Å². The Kier molecular flexibility index (Phi) is 7.40. The second-order valence-corrected chi connectivity index (χ2v) is 6.16. The summed E-state index contributed by atoms with van der Waals surface area (Å²) in [5, 5.41) is 16.9. The van der Waals surface area contributed by atoms with Gasteiger partial charge in [-0.3, -0.25) is 10.1 Å². The minimum absolute atomic E-state index is 0.0144. The van der Waals surface area contributed by atoms with Crippen LogP contribution in [0.2, 0.25) is 0 Å². The highest BCUT2D eigenvalue weighted by molar-refractivity contribution is 5.95. The van der Waals surface area contributed by atoms with Gasteiger partial charge in [-0.15, -0.1) is 0 Å². The van der Waals surface area contributed by atoms with Crippen LogP contribution in [0, 0.1) is 10.1 Å². The Morgan fingerprint density at radius 3 is 2.52 bits per heavy atom. The number of amides is 2. The van der Waals surface area contributed by atoms with Gasteiger partial charge in [0.1, 0.15) is 0 Å². The highest BCUT2D eigenvalue weighted by Gasteiger charge is 2.35. The summed E-state index contributed by atoms with van der Waals surface area (Å²) in [6, 6.07) is 1.33. The molecule has 0 radical (unpaired) electrons. The molecule has 1 aliphatic heterocycles. The van der Waals surface area contributed by atoms with Crippen LogP contribution in [0.1, 0.15) is 45.2 Å². The molecule has 10 nitrogen and oxygen atoms in total. The smallest absolute Gasteiger partial charge is 0.338 e. The van der Waals surface area contributed by atoms with E-state index in [0.717, 1.165) is 0 Å². The molecule has 2 amide bonds. The lowest BCUT2D eigenvalue weighted by atomic mass is 9.93. The fraction of sp³-hybridized carbons (Fsp3) is 0.474. The molecule has 0 saturated carbocycles. The van der Waals surface area contributed by atoms with Gasteiger partial charge < -0.3 is 24.8 Å².